The van der Waals surface area contributed by atoms with Gasteiger partial charge in [-0.3, -0.25) is 4.98 Å². The van der Waals surface area contributed by atoms with Gasteiger partial charge in [-0.2, -0.15) is 0 Å². The Balaban J connectivity index is 2.34. The van der Waals surface area contributed by atoms with Crippen LogP contribution in [0.3, 0.4) is 0 Å². The SMILES string of the molecule is CCCNC(c1ccncc1)c1ccccc1C. The van der Waals surface area contributed by atoms with Crippen molar-refractivity contribution in [3.8, 4) is 0 Å². The van der Waals surface area contributed by atoms with Crippen LogP contribution in [0.2, 0.25) is 0 Å². The van der Waals surface area contributed by atoms with Gasteiger partial charge in [-0.25, -0.2) is 0 Å². The minimum atomic E-state index is 0.258. The van der Waals surface area contributed by atoms with Gasteiger partial charge in [0.15, 0.2) is 0 Å². The molecule has 0 spiro atoms. The summed E-state index contributed by atoms with van der Waals surface area (Å²) in [4.78, 5) is 4.10. The van der Waals surface area contributed by atoms with E-state index in [9.17, 15) is 0 Å². The Morgan fingerprint density at radius 2 is 1.83 bits per heavy atom. The van der Waals surface area contributed by atoms with E-state index in [1.165, 1.54) is 16.7 Å². The third-order valence-corrected chi connectivity index (χ3v) is 3.14. The molecule has 1 unspecified atom stereocenters. The smallest absolute Gasteiger partial charge is 0.0580 e. The highest BCUT2D eigenvalue weighted by Gasteiger charge is 2.14. The second kappa shape index (κ2) is 6.31. The average molecular weight is 240 g/mol. The molecule has 2 nitrogen and oxygen atoms in total. The van der Waals surface area contributed by atoms with Crippen LogP contribution < -0.4 is 5.32 Å². The summed E-state index contributed by atoms with van der Waals surface area (Å²) < 4.78 is 0. The van der Waals surface area contributed by atoms with Crippen molar-refractivity contribution in [2.75, 3.05) is 6.54 Å². The van der Waals surface area contributed by atoms with Gasteiger partial charge in [0.25, 0.3) is 0 Å². The van der Waals surface area contributed by atoms with Crippen LogP contribution in [0.1, 0.15) is 36.1 Å². The highest BCUT2D eigenvalue weighted by molar-refractivity contribution is 5.35. The van der Waals surface area contributed by atoms with Gasteiger partial charge in [0.05, 0.1) is 6.04 Å². The first-order valence-electron chi connectivity index (χ1n) is 6.51. The lowest BCUT2D eigenvalue weighted by molar-refractivity contribution is 0.596. The highest BCUT2D eigenvalue weighted by atomic mass is 14.9. The molecule has 0 radical (unpaired) electrons. The fraction of sp³-hybridized carbons (Fsp3) is 0.312. The Bertz CT molecular complexity index is 479. The van der Waals surface area contributed by atoms with Crippen LogP contribution >= 0.6 is 0 Å². The van der Waals surface area contributed by atoms with Crippen LogP contribution in [-0.2, 0) is 0 Å². The van der Waals surface area contributed by atoms with Crippen LogP contribution in [0, 0.1) is 6.92 Å². The third-order valence-electron chi connectivity index (χ3n) is 3.14. The van der Waals surface area contributed by atoms with Gasteiger partial charge >= 0.3 is 0 Å². The molecule has 0 aliphatic carbocycles. The summed E-state index contributed by atoms with van der Waals surface area (Å²) in [7, 11) is 0. The van der Waals surface area contributed by atoms with E-state index in [1.807, 2.05) is 12.4 Å². The van der Waals surface area contributed by atoms with E-state index < -0.39 is 0 Å². The van der Waals surface area contributed by atoms with E-state index in [0.29, 0.717) is 0 Å². The molecule has 1 heterocycles. The molecule has 0 aliphatic heterocycles. The topological polar surface area (TPSA) is 24.9 Å². The van der Waals surface area contributed by atoms with Gasteiger partial charge in [0.1, 0.15) is 0 Å². The quantitative estimate of drug-likeness (QED) is 0.865. The molecule has 2 heteroatoms. The van der Waals surface area contributed by atoms with Crippen molar-refractivity contribution in [2.45, 2.75) is 26.3 Å². The zero-order valence-electron chi connectivity index (χ0n) is 11.1. The molecule has 0 amide bonds. The molecule has 0 fully saturated rings. The molecule has 2 rings (SSSR count). The zero-order chi connectivity index (χ0) is 12.8. The zero-order valence-corrected chi connectivity index (χ0v) is 11.1. The maximum absolute atomic E-state index is 4.10. The third kappa shape index (κ3) is 2.96. The molecule has 1 aromatic heterocycles. The Hall–Kier alpha value is -1.67. The fourth-order valence-electron chi connectivity index (χ4n) is 2.16. The second-order valence-electron chi connectivity index (χ2n) is 4.52. The molecule has 0 bridgehead atoms. The van der Waals surface area contributed by atoms with Crippen molar-refractivity contribution < 1.29 is 0 Å². The van der Waals surface area contributed by atoms with E-state index in [4.69, 9.17) is 0 Å². The number of nitrogens with one attached hydrogen (secondary N) is 1. The number of aromatic nitrogens is 1. The summed E-state index contributed by atoms with van der Waals surface area (Å²) in [5, 5.41) is 3.62. The predicted molar refractivity (Wildman–Crippen MR) is 75.6 cm³/mol. The molecule has 0 saturated carbocycles. The summed E-state index contributed by atoms with van der Waals surface area (Å²) >= 11 is 0. The molecule has 0 saturated heterocycles. The largest absolute Gasteiger partial charge is 0.306 e. The average Bonchev–Trinajstić information content (AvgIpc) is 2.42. The van der Waals surface area contributed by atoms with E-state index >= 15 is 0 Å². The predicted octanol–water partition coefficient (Wildman–Crippen LogP) is 3.48. The molecule has 94 valence electrons. The Kier molecular flexibility index (Phi) is 4.48. The van der Waals surface area contributed by atoms with Crippen LogP contribution in [-0.4, -0.2) is 11.5 Å². The van der Waals surface area contributed by atoms with Crippen LogP contribution in [0.15, 0.2) is 48.8 Å². The van der Waals surface area contributed by atoms with Crippen LogP contribution in [0.25, 0.3) is 0 Å². The van der Waals surface area contributed by atoms with Crippen molar-refractivity contribution in [3.05, 3.63) is 65.5 Å². The minimum Gasteiger partial charge on any atom is -0.306 e. The molecule has 0 aliphatic rings. The lowest BCUT2D eigenvalue weighted by Gasteiger charge is -2.21. The number of nitrogens with zero attached hydrogens (tertiary/aromatic N) is 1. The van der Waals surface area contributed by atoms with Crippen molar-refractivity contribution in [2.24, 2.45) is 0 Å². The lowest BCUT2D eigenvalue weighted by atomic mass is 9.95. The van der Waals surface area contributed by atoms with Gasteiger partial charge in [-0.1, -0.05) is 31.2 Å². The Morgan fingerprint density at radius 1 is 1.11 bits per heavy atom. The molecule has 1 N–H and O–H groups in total. The van der Waals surface area contributed by atoms with Crippen LogP contribution in [0.4, 0.5) is 0 Å². The number of aryl methyl sites for hydroxylation is 1. The fourth-order valence-corrected chi connectivity index (χ4v) is 2.16. The first kappa shape index (κ1) is 12.8. The molecule has 1 aromatic carbocycles. The molecular weight excluding hydrogens is 220 g/mol. The van der Waals surface area contributed by atoms with Crippen molar-refractivity contribution in [3.63, 3.8) is 0 Å². The van der Waals surface area contributed by atoms with E-state index in [0.717, 1.165) is 13.0 Å². The lowest BCUT2D eigenvalue weighted by Crippen LogP contribution is -2.23. The normalized spacial score (nSPS) is 12.3. The van der Waals surface area contributed by atoms with Crippen molar-refractivity contribution >= 4 is 0 Å². The first-order chi connectivity index (χ1) is 8.83. The number of hydrogen-bond donors (Lipinski definition) is 1. The number of hydrogen-bond acceptors (Lipinski definition) is 2. The first-order valence-corrected chi connectivity index (χ1v) is 6.51. The van der Waals surface area contributed by atoms with Crippen molar-refractivity contribution in [1.82, 2.24) is 10.3 Å². The van der Waals surface area contributed by atoms with Gasteiger partial charge in [0.2, 0.25) is 0 Å². The monoisotopic (exact) mass is 240 g/mol. The summed E-state index contributed by atoms with van der Waals surface area (Å²) in [6.45, 7) is 5.37. The molecule has 1 atom stereocenters. The summed E-state index contributed by atoms with van der Waals surface area (Å²) in [6.07, 6.45) is 4.84. The van der Waals surface area contributed by atoms with E-state index in [1.54, 1.807) is 0 Å². The van der Waals surface area contributed by atoms with Crippen LogP contribution in [0.5, 0.6) is 0 Å². The number of pyridine rings is 1. The maximum Gasteiger partial charge on any atom is 0.0580 e. The van der Waals surface area contributed by atoms with Gasteiger partial charge in [0, 0.05) is 12.4 Å². The van der Waals surface area contributed by atoms with Gasteiger partial charge < -0.3 is 5.32 Å². The standard InChI is InChI=1S/C16H20N2/c1-3-10-18-16(14-8-11-17-12-9-14)15-7-5-4-6-13(15)2/h4-9,11-12,16,18H,3,10H2,1-2H3. The number of rotatable bonds is 5. The summed E-state index contributed by atoms with van der Waals surface area (Å²) in [5.74, 6) is 0. The Morgan fingerprint density at radius 3 is 2.50 bits per heavy atom. The maximum atomic E-state index is 4.10. The summed E-state index contributed by atoms with van der Waals surface area (Å²) in [5.41, 5.74) is 3.94. The van der Waals surface area contributed by atoms with E-state index in [2.05, 4.69) is 60.5 Å². The minimum absolute atomic E-state index is 0.258. The summed E-state index contributed by atoms with van der Waals surface area (Å²) in [6, 6.07) is 13.0. The molecule has 2 aromatic rings. The molecular formula is C16H20N2. The number of benzene rings is 1. The van der Waals surface area contributed by atoms with Gasteiger partial charge in [-0.05, 0) is 48.7 Å². The van der Waals surface area contributed by atoms with E-state index in [-0.39, 0.29) is 6.04 Å². The highest BCUT2D eigenvalue weighted by Crippen LogP contribution is 2.24. The molecule has 18 heavy (non-hydrogen) atoms. The van der Waals surface area contributed by atoms with Crippen molar-refractivity contribution in [1.29, 1.82) is 0 Å². The second-order valence-corrected chi connectivity index (χ2v) is 4.52. The van der Waals surface area contributed by atoms with Gasteiger partial charge in [-0.15, -0.1) is 0 Å². The Labute approximate surface area is 109 Å².